The number of carboxylic acids is 1. The molecule has 0 aliphatic carbocycles. The second-order valence-electron chi connectivity index (χ2n) is 8.13. The number of carbonyl (C=O) groups excluding carboxylic acids is 3. The van der Waals surface area contributed by atoms with E-state index < -0.39 is 29.6 Å². The van der Waals surface area contributed by atoms with Crippen molar-refractivity contribution in [1.29, 1.82) is 0 Å². The molecule has 0 radical (unpaired) electrons. The summed E-state index contributed by atoms with van der Waals surface area (Å²) in [7, 11) is 0. The van der Waals surface area contributed by atoms with Crippen LogP contribution in [0, 0.1) is 0 Å². The van der Waals surface area contributed by atoms with E-state index in [1.807, 2.05) is 6.92 Å². The zero-order valence-electron chi connectivity index (χ0n) is 20.4. The summed E-state index contributed by atoms with van der Waals surface area (Å²) >= 11 is 0.776. The minimum absolute atomic E-state index is 0.204. The van der Waals surface area contributed by atoms with E-state index in [4.69, 9.17) is 14.6 Å². The van der Waals surface area contributed by atoms with Gasteiger partial charge in [0.2, 0.25) is 5.91 Å². The molecule has 1 aliphatic rings. The van der Waals surface area contributed by atoms with Crippen molar-refractivity contribution in [3.8, 4) is 11.5 Å². The molecule has 1 heterocycles. The summed E-state index contributed by atoms with van der Waals surface area (Å²) in [4.78, 5) is 49.7. The van der Waals surface area contributed by atoms with Gasteiger partial charge in [-0.05, 0) is 84.4 Å². The number of anilines is 1. The van der Waals surface area contributed by atoms with Crippen LogP contribution in [-0.4, -0.2) is 46.2 Å². The van der Waals surface area contributed by atoms with Gasteiger partial charge in [0.05, 0.1) is 17.1 Å². The van der Waals surface area contributed by atoms with E-state index in [1.54, 1.807) is 66.7 Å². The average Bonchev–Trinajstić information content (AvgIpc) is 3.17. The van der Waals surface area contributed by atoms with Gasteiger partial charge in [0.25, 0.3) is 11.1 Å². The smallest absolute Gasteiger partial charge is 0.335 e. The fourth-order valence-corrected chi connectivity index (χ4v) is 4.34. The van der Waals surface area contributed by atoms with Crippen LogP contribution >= 0.6 is 11.8 Å². The van der Waals surface area contributed by atoms with Crippen molar-refractivity contribution in [2.45, 2.75) is 13.5 Å². The van der Waals surface area contributed by atoms with Crippen LogP contribution in [0.1, 0.15) is 28.4 Å². The first-order valence-corrected chi connectivity index (χ1v) is 12.5. The topological polar surface area (TPSA) is 122 Å². The Morgan fingerprint density at radius 3 is 2.18 bits per heavy atom. The number of aromatic carboxylic acids is 1. The van der Waals surface area contributed by atoms with E-state index in [0.29, 0.717) is 29.4 Å². The van der Waals surface area contributed by atoms with Crippen LogP contribution in [0.15, 0.2) is 77.7 Å². The molecule has 9 nitrogen and oxygen atoms in total. The summed E-state index contributed by atoms with van der Waals surface area (Å²) in [5.41, 5.74) is 2.24. The number of carboxylic acid groups (broad SMARTS) is 1. The molecule has 3 aromatic rings. The maximum atomic E-state index is 12.8. The third-order valence-corrected chi connectivity index (χ3v) is 6.32. The Morgan fingerprint density at radius 2 is 1.55 bits per heavy atom. The van der Waals surface area contributed by atoms with Crippen LogP contribution in [0.3, 0.4) is 0 Å². The number of thioether (sulfide) groups is 1. The number of amides is 3. The quantitative estimate of drug-likeness (QED) is 0.349. The molecule has 194 valence electrons. The highest BCUT2D eigenvalue weighted by molar-refractivity contribution is 8.18. The van der Waals surface area contributed by atoms with Gasteiger partial charge in [0.1, 0.15) is 24.7 Å². The first-order valence-electron chi connectivity index (χ1n) is 11.7. The second kappa shape index (κ2) is 12.1. The Hall–Kier alpha value is -4.57. The van der Waals surface area contributed by atoms with Gasteiger partial charge in [0, 0.05) is 5.69 Å². The number of ether oxygens (including phenoxy) is 2. The zero-order chi connectivity index (χ0) is 27.1. The minimum atomic E-state index is -0.988. The Morgan fingerprint density at radius 1 is 0.921 bits per heavy atom. The molecular weight excluding hydrogens is 508 g/mol. The predicted octanol–water partition coefficient (Wildman–Crippen LogP) is 5.04. The van der Waals surface area contributed by atoms with Gasteiger partial charge in [-0.15, -0.1) is 0 Å². The van der Waals surface area contributed by atoms with E-state index in [1.165, 1.54) is 12.1 Å². The largest absolute Gasteiger partial charge is 0.494 e. The minimum Gasteiger partial charge on any atom is -0.494 e. The number of hydrogen-bond acceptors (Lipinski definition) is 7. The molecule has 38 heavy (non-hydrogen) atoms. The van der Waals surface area contributed by atoms with Crippen molar-refractivity contribution in [2.24, 2.45) is 0 Å². The third-order valence-electron chi connectivity index (χ3n) is 5.41. The normalized spacial score (nSPS) is 14.0. The number of nitrogens with one attached hydrogen (secondary N) is 1. The average molecular weight is 533 g/mol. The van der Waals surface area contributed by atoms with Gasteiger partial charge < -0.3 is 19.9 Å². The maximum Gasteiger partial charge on any atom is 0.335 e. The molecule has 0 bridgehead atoms. The molecule has 0 atom stereocenters. The number of nitrogens with zero attached hydrogens (tertiary/aromatic N) is 1. The van der Waals surface area contributed by atoms with Gasteiger partial charge in [-0.1, -0.05) is 24.3 Å². The van der Waals surface area contributed by atoms with Crippen LogP contribution in [0.4, 0.5) is 10.5 Å². The van der Waals surface area contributed by atoms with E-state index in [-0.39, 0.29) is 17.1 Å². The Bertz CT molecular complexity index is 1370. The molecular formula is C28H24N2O7S. The van der Waals surface area contributed by atoms with E-state index in [2.05, 4.69) is 5.32 Å². The molecule has 1 aliphatic heterocycles. The fourth-order valence-electron chi connectivity index (χ4n) is 3.50. The van der Waals surface area contributed by atoms with Crippen LogP contribution in [0.2, 0.25) is 0 Å². The van der Waals surface area contributed by atoms with Crippen molar-refractivity contribution in [3.05, 3.63) is 94.4 Å². The van der Waals surface area contributed by atoms with Gasteiger partial charge >= 0.3 is 5.97 Å². The number of hydrogen-bond donors (Lipinski definition) is 2. The van der Waals surface area contributed by atoms with Gasteiger partial charge in [-0.3, -0.25) is 19.3 Å². The Labute approximate surface area is 223 Å². The highest BCUT2D eigenvalue weighted by Crippen LogP contribution is 2.32. The lowest BCUT2D eigenvalue weighted by Crippen LogP contribution is -2.36. The first-order chi connectivity index (χ1) is 18.3. The molecule has 0 unspecified atom stereocenters. The molecule has 2 N–H and O–H groups in total. The SMILES string of the molecule is CCOc1ccc(NC(=O)CN2C(=O)S/C(=C/c3ccc(OCc4ccc(C(=O)O)cc4)cc3)C2=O)cc1. The zero-order valence-corrected chi connectivity index (χ0v) is 21.2. The summed E-state index contributed by atoms with van der Waals surface area (Å²) in [6.45, 7) is 2.27. The summed E-state index contributed by atoms with van der Waals surface area (Å²) in [6, 6.07) is 20.1. The maximum absolute atomic E-state index is 12.8. The van der Waals surface area contributed by atoms with Crippen molar-refractivity contribution in [1.82, 2.24) is 4.90 Å². The molecule has 3 aromatic carbocycles. The summed E-state index contributed by atoms with van der Waals surface area (Å²) in [5, 5.41) is 11.1. The number of carbonyl (C=O) groups is 4. The van der Waals surface area contributed by atoms with Crippen molar-refractivity contribution in [3.63, 3.8) is 0 Å². The van der Waals surface area contributed by atoms with Gasteiger partial charge in [0.15, 0.2) is 0 Å². The summed E-state index contributed by atoms with van der Waals surface area (Å²) in [5.74, 6) is -0.751. The Kier molecular flexibility index (Phi) is 8.44. The summed E-state index contributed by atoms with van der Waals surface area (Å²) in [6.07, 6.45) is 1.59. The van der Waals surface area contributed by atoms with Crippen LogP contribution in [0.25, 0.3) is 6.08 Å². The fraction of sp³-hybridized carbons (Fsp3) is 0.143. The van der Waals surface area contributed by atoms with Crippen molar-refractivity contribution >= 4 is 46.5 Å². The molecule has 10 heteroatoms. The summed E-state index contributed by atoms with van der Waals surface area (Å²) < 4.78 is 11.1. The second-order valence-corrected chi connectivity index (χ2v) is 9.13. The van der Waals surface area contributed by atoms with Crippen molar-refractivity contribution < 1.29 is 33.8 Å². The van der Waals surface area contributed by atoms with Gasteiger partial charge in [-0.2, -0.15) is 0 Å². The van der Waals surface area contributed by atoms with E-state index in [0.717, 1.165) is 22.2 Å². The number of benzene rings is 3. The lowest BCUT2D eigenvalue weighted by molar-refractivity contribution is -0.127. The van der Waals surface area contributed by atoms with Crippen molar-refractivity contribution in [2.75, 3.05) is 18.5 Å². The molecule has 1 saturated heterocycles. The molecule has 0 aromatic heterocycles. The number of rotatable bonds is 10. The predicted molar refractivity (Wildman–Crippen MR) is 143 cm³/mol. The highest BCUT2D eigenvalue weighted by Gasteiger charge is 2.36. The van der Waals surface area contributed by atoms with Crippen LogP contribution < -0.4 is 14.8 Å². The highest BCUT2D eigenvalue weighted by atomic mass is 32.2. The molecule has 3 amide bonds. The lowest BCUT2D eigenvalue weighted by atomic mass is 10.1. The first kappa shape index (κ1) is 26.5. The standard InChI is InChI=1S/C28H24N2O7S/c1-2-36-22-13-9-21(10-14-22)29-25(31)16-30-26(32)24(38-28(30)35)15-18-5-11-23(12-6-18)37-17-19-3-7-20(8-4-19)27(33)34/h3-15H,2,16-17H2,1H3,(H,29,31)(H,33,34)/b24-15+. The van der Waals surface area contributed by atoms with Crippen LogP contribution in [-0.2, 0) is 16.2 Å². The molecule has 0 spiro atoms. The molecule has 0 saturated carbocycles. The van der Waals surface area contributed by atoms with Gasteiger partial charge in [-0.25, -0.2) is 4.79 Å². The molecule has 4 rings (SSSR count). The monoisotopic (exact) mass is 532 g/mol. The Balaban J connectivity index is 1.32. The number of imide groups is 1. The van der Waals surface area contributed by atoms with E-state index in [9.17, 15) is 19.2 Å². The van der Waals surface area contributed by atoms with Crippen LogP contribution in [0.5, 0.6) is 11.5 Å². The molecule has 1 fully saturated rings. The van der Waals surface area contributed by atoms with E-state index >= 15 is 0 Å². The third kappa shape index (κ3) is 6.80. The lowest BCUT2D eigenvalue weighted by Gasteiger charge is -2.12.